The molecule has 3 nitrogen and oxygen atoms in total. The molecule has 1 aromatic carbocycles. The highest BCUT2D eigenvalue weighted by molar-refractivity contribution is 5.58. The highest BCUT2D eigenvalue weighted by atomic mass is 16.3. The number of benzene rings is 1. The van der Waals surface area contributed by atoms with E-state index in [4.69, 9.17) is 5.26 Å². The monoisotopic (exact) mass is 286 g/mol. The highest BCUT2D eigenvalue weighted by Crippen LogP contribution is 2.34. The predicted octanol–water partition coefficient (Wildman–Crippen LogP) is 4.02. The van der Waals surface area contributed by atoms with E-state index in [0.717, 1.165) is 17.2 Å². The number of hydrogen-bond acceptors (Lipinski definition) is 3. The van der Waals surface area contributed by atoms with Gasteiger partial charge in [0, 0.05) is 24.3 Å². The van der Waals surface area contributed by atoms with Crippen LogP contribution < -0.4 is 4.90 Å². The third-order valence-electron chi connectivity index (χ3n) is 4.93. The molecular weight excluding hydrogens is 260 g/mol. The Hall–Kier alpha value is -1.53. The molecule has 0 heterocycles. The lowest BCUT2D eigenvalue weighted by atomic mass is 9.83. The van der Waals surface area contributed by atoms with Gasteiger partial charge in [0.25, 0.3) is 0 Å². The molecule has 1 atom stereocenters. The lowest BCUT2D eigenvalue weighted by Gasteiger charge is -2.37. The molecule has 1 fully saturated rings. The van der Waals surface area contributed by atoms with Gasteiger partial charge in [0.2, 0.25) is 0 Å². The van der Waals surface area contributed by atoms with E-state index in [-0.39, 0.29) is 0 Å². The van der Waals surface area contributed by atoms with E-state index in [2.05, 4.69) is 24.9 Å². The number of aliphatic hydroxyl groups is 1. The summed E-state index contributed by atoms with van der Waals surface area (Å²) in [6, 6.07) is 8.29. The molecule has 0 amide bonds. The van der Waals surface area contributed by atoms with Gasteiger partial charge in [-0.2, -0.15) is 5.26 Å². The molecule has 1 aliphatic rings. The quantitative estimate of drug-likeness (QED) is 0.909. The first-order valence-corrected chi connectivity index (χ1v) is 8.01. The standard InChI is InChI=1S/C18H26N2O/c1-4-14-5-8-16(9-6-14)20(3)18-11-15(12-19)7-10-17(18)13(2)21/h7,10-11,13-14,16,21H,4-6,8-9H2,1-3H3. The maximum Gasteiger partial charge on any atom is 0.0992 e. The molecule has 1 saturated carbocycles. The average molecular weight is 286 g/mol. The second-order valence-corrected chi connectivity index (χ2v) is 6.26. The first kappa shape index (κ1) is 15.9. The molecule has 0 radical (unpaired) electrons. The van der Waals surface area contributed by atoms with Crippen molar-refractivity contribution in [3.05, 3.63) is 29.3 Å². The Morgan fingerprint density at radius 2 is 2.00 bits per heavy atom. The van der Waals surface area contributed by atoms with Crippen molar-refractivity contribution in [1.29, 1.82) is 5.26 Å². The Balaban J connectivity index is 2.22. The minimum Gasteiger partial charge on any atom is -0.389 e. The van der Waals surface area contributed by atoms with E-state index in [1.165, 1.54) is 32.1 Å². The smallest absolute Gasteiger partial charge is 0.0992 e. The summed E-state index contributed by atoms with van der Waals surface area (Å²) >= 11 is 0. The summed E-state index contributed by atoms with van der Waals surface area (Å²) in [5.74, 6) is 0.872. The zero-order chi connectivity index (χ0) is 15.4. The Bertz CT molecular complexity index is 510. The summed E-state index contributed by atoms with van der Waals surface area (Å²) in [5.41, 5.74) is 2.57. The Labute approximate surface area is 128 Å². The van der Waals surface area contributed by atoms with Crippen LogP contribution in [0.5, 0.6) is 0 Å². The van der Waals surface area contributed by atoms with Crippen molar-refractivity contribution in [3.63, 3.8) is 0 Å². The topological polar surface area (TPSA) is 47.3 Å². The molecular formula is C18H26N2O. The zero-order valence-corrected chi connectivity index (χ0v) is 13.3. The van der Waals surface area contributed by atoms with Crippen LogP contribution >= 0.6 is 0 Å². The maximum atomic E-state index is 9.99. The number of rotatable bonds is 4. The minimum absolute atomic E-state index is 0.512. The second kappa shape index (κ2) is 6.95. The number of aliphatic hydroxyl groups excluding tert-OH is 1. The molecule has 1 aliphatic carbocycles. The van der Waals surface area contributed by atoms with Crippen LogP contribution in [0.1, 0.15) is 63.2 Å². The normalized spacial score (nSPS) is 23.4. The lowest BCUT2D eigenvalue weighted by molar-refractivity contribution is 0.199. The fourth-order valence-electron chi connectivity index (χ4n) is 3.41. The third-order valence-corrected chi connectivity index (χ3v) is 4.93. The number of anilines is 1. The van der Waals surface area contributed by atoms with Crippen molar-refractivity contribution in [2.45, 2.75) is 58.1 Å². The Kier molecular flexibility index (Phi) is 5.25. The van der Waals surface area contributed by atoms with Crippen LogP contribution in [0.15, 0.2) is 18.2 Å². The zero-order valence-electron chi connectivity index (χ0n) is 13.3. The van der Waals surface area contributed by atoms with Crippen LogP contribution in [-0.4, -0.2) is 18.2 Å². The van der Waals surface area contributed by atoms with Crippen molar-refractivity contribution < 1.29 is 5.11 Å². The number of nitrogens with zero attached hydrogens (tertiary/aromatic N) is 2. The van der Waals surface area contributed by atoms with Crippen LogP contribution in [0, 0.1) is 17.2 Å². The van der Waals surface area contributed by atoms with Gasteiger partial charge in [-0.25, -0.2) is 0 Å². The van der Waals surface area contributed by atoms with Crippen molar-refractivity contribution in [2.24, 2.45) is 5.92 Å². The molecule has 0 bridgehead atoms. The summed E-state index contributed by atoms with van der Waals surface area (Å²) in [4.78, 5) is 2.27. The molecule has 114 valence electrons. The molecule has 3 heteroatoms. The summed E-state index contributed by atoms with van der Waals surface area (Å²) < 4.78 is 0. The fourth-order valence-corrected chi connectivity index (χ4v) is 3.41. The van der Waals surface area contributed by atoms with Crippen LogP contribution in [0.3, 0.4) is 0 Å². The second-order valence-electron chi connectivity index (χ2n) is 6.26. The summed E-state index contributed by atoms with van der Waals surface area (Å²) in [5, 5.41) is 19.1. The molecule has 0 spiro atoms. The van der Waals surface area contributed by atoms with Crippen LogP contribution in [0.2, 0.25) is 0 Å². The summed E-state index contributed by atoms with van der Waals surface area (Å²) in [7, 11) is 2.10. The van der Waals surface area contributed by atoms with Gasteiger partial charge in [0.15, 0.2) is 0 Å². The molecule has 21 heavy (non-hydrogen) atoms. The highest BCUT2D eigenvalue weighted by Gasteiger charge is 2.25. The Morgan fingerprint density at radius 3 is 2.52 bits per heavy atom. The predicted molar refractivity (Wildman–Crippen MR) is 86.2 cm³/mol. The van der Waals surface area contributed by atoms with Gasteiger partial charge in [-0.05, 0) is 50.7 Å². The van der Waals surface area contributed by atoms with Crippen LogP contribution in [0.4, 0.5) is 5.69 Å². The molecule has 0 aromatic heterocycles. The maximum absolute atomic E-state index is 9.99. The molecule has 0 aliphatic heterocycles. The third kappa shape index (κ3) is 3.57. The number of hydrogen-bond donors (Lipinski definition) is 1. The van der Waals surface area contributed by atoms with Gasteiger partial charge < -0.3 is 10.0 Å². The summed E-state index contributed by atoms with van der Waals surface area (Å²) in [6.45, 7) is 4.06. The van der Waals surface area contributed by atoms with Crippen molar-refractivity contribution in [1.82, 2.24) is 0 Å². The molecule has 1 aromatic rings. The lowest BCUT2D eigenvalue weighted by Crippen LogP contribution is -2.35. The van der Waals surface area contributed by atoms with E-state index >= 15 is 0 Å². The van der Waals surface area contributed by atoms with Gasteiger partial charge in [-0.3, -0.25) is 0 Å². The first-order valence-electron chi connectivity index (χ1n) is 8.01. The van der Waals surface area contributed by atoms with Crippen molar-refractivity contribution in [2.75, 3.05) is 11.9 Å². The van der Waals surface area contributed by atoms with Gasteiger partial charge in [0.1, 0.15) is 0 Å². The largest absolute Gasteiger partial charge is 0.389 e. The van der Waals surface area contributed by atoms with Gasteiger partial charge in [-0.1, -0.05) is 19.4 Å². The Morgan fingerprint density at radius 1 is 1.33 bits per heavy atom. The summed E-state index contributed by atoms with van der Waals surface area (Å²) in [6.07, 6.45) is 5.73. The van der Waals surface area contributed by atoms with E-state index < -0.39 is 6.10 Å². The molecule has 1 N–H and O–H groups in total. The fraction of sp³-hybridized carbons (Fsp3) is 0.611. The van der Waals surface area contributed by atoms with E-state index in [1.807, 2.05) is 12.1 Å². The number of nitriles is 1. The van der Waals surface area contributed by atoms with E-state index in [0.29, 0.717) is 11.6 Å². The van der Waals surface area contributed by atoms with Gasteiger partial charge in [0.05, 0.1) is 17.7 Å². The van der Waals surface area contributed by atoms with Crippen LogP contribution in [-0.2, 0) is 0 Å². The van der Waals surface area contributed by atoms with Gasteiger partial charge >= 0.3 is 0 Å². The first-order chi connectivity index (χ1) is 10.1. The molecule has 2 rings (SSSR count). The molecule has 1 unspecified atom stereocenters. The van der Waals surface area contributed by atoms with Crippen molar-refractivity contribution in [3.8, 4) is 6.07 Å². The average Bonchev–Trinajstić information content (AvgIpc) is 2.53. The van der Waals surface area contributed by atoms with E-state index in [1.54, 1.807) is 13.0 Å². The van der Waals surface area contributed by atoms with E-state index in [9.17, 15) is 5.11 Å². The molecule has 0 saturated heterocycles. The SMILES string of the molecule is CCC1CCC(N(C)c2cc(C#N)ccc2C(C)O)CC1. The van der Waals surface area contributed by atoms with Crippen molar-refractivity contribution >= 4 is 5.69 Å². The minimum atomic E-state index is -0.512. The van der Waals surface area contributed by atoms with Gasteiger partial charge in [-0.15, -0.1) is 0 Å². The van der Waals surface area contributed by atoms with Crippen LogP contribution in [0.25, 0.3) is 0 Å².